The van der Waals surface area contributed by atoms with Crippen molar-refractivity contribution in [3.63, 3.8) is 0 Å². The summed E-state index contributed by atoms with van der Waals surface area (Å²) in [4.78, 5) is 35.2. The summed E-state index contributed by atoms with van der Waals surface area (Å²) in [5.74, 6) is -1.91. The molecule has 0 unspecified atom stereocenters. The molecule has 24 heavy (non-hydrogen) atoms. The molecular formula is C13H19N3O7S. The summed E-state index contributed by atoms with van der Waals surface area (Å²) in [6, 6.07) is -1.08. The van der Waals surface area contributed by atoms with Gasteiger partial charge in [-0.25, -0.2) is 0 Å². The van der Waals surface area contributed by atoms with Gasteiger partial charge in [-0.1, -0.05) is 5.11 Å². The number of ether oxygens (including phenoxy) is 4. The van der Waals surface area contributed by atoms with Crippen molar-refractivity contribution in [1.82, 2.24) is 0 Å². The second-order valence-electron chi connectivity index (χ2n) is 5.31. The Morgan fingerprint density at radius 3 is 2.17 bits per heavy atom. The van der Waals surface area contributed by atoms with Gasteiger partial charge in [-0.05, 0) is 12.5 Å². The summed E-state index contributed by atoms with van der Waals surface area (Å²) in [6.45, 7) is 4.76. The summed E-state index contributed by atoms with van der Waals surface area (Å²) in [5.41, 5.74) is 8.76. The Hall–Kier alpha value is -1.97. The number of hydrogen-bond donors (Lipinski definition) is 1. The zero-order chi connectivity index (χ0) is 18.5. The Kier molecular flexibility index (Phi) is 6.88. The Labute approximate surface area is 143 Å². The Balaban J connectivity index is 3.24. The molecule has 0 bridgehead atoms. The van der Waals surface area contributed by atoms with E-state index in [0.29, 0.717) is 0 Å². The number of hydrogen-bond acceptors (Lipinski definition) is 9. The molecule has 0 amide bonds. The van der Waals surface area contributed by atoms with Crippen LogP contribution in [-0.4, -0.2) is 53.8 Å². The second-order valence-corrected chi connectivity index (χ2v) is 6.20. The first-order valence-electron chi connectivity index (χ1n) is 7.00. The van der Waals surface area contributed by atoms with Crippen molar-refractivity contribution in [3.8, 4) is 0 Å². The number of carbonyl (C=O) groups is 3. The van der Waals surface area contributed by atoms with Crippen molar-refractivity contribution in [2.75, 3.05) is 6.61 Å². The number of nitrogens with zero attached hydrogens (tertiary/aromatic N) is 3. The Morgan fingerprint density at radius 2 is 1.71 bits per heavy atom. The van der Waals surface area contributed by atoms with Crippen LogP contribution in [0.4, 0.5) is 0 Å². The lowest BCUT2D eigenvalue weighted by atomic mass is 9.93. The lowest BCUT2D eigenvalue weighted by Crippen LogP contribution is -2.63. The van der Waals surface area contributed by atoms with Crippen molar-refractivity contribution < 1.29 is 33.3 Å². The minimum absolute atomic E-state index is 0.260. The van der Waals surface area contributed by atoms with Crippen LogP contribution >= 0.6 is 12.6 Å². The van der Waals surface area contributed by atoms with Crippen LogP contribution in [0.2, 0.25) is 0 Å². The van der Waals surface area contributed by atoms with E-state index in [1.54, 1.807) is 0 Å². The van der Waals surface area contributed by atoms with Crippen molar-refractivity contribution in [2.24, 2.45) is 5.11 Å². The normalized spacial score (nSPS) is 32.2. The smallest absolute Gasteiger partial charge is 0.303 e. The van der Waals surface area contributed by atoms with Gasteiger partial charge in [0, 0.05) is 25.7 Å². The fourth-order valence-electron chi connectivity index (χ4n) is 2.35. The number of rotatable bonds is 5. The molecule has 11 heteroatoms. The summed E-state index contributed by atoms with van der Waals surface area (Å²) in [7, 11) is 0. The second kappa shape index (κ2) is 8.22. The third-order valence-corrected chi connectivity index (χ3v) is 3.54. The highest BCUT2D eigenvalue weighted by Gasteiger charge is 2.54. The third-order valence-electron chi connectivity index (χ3n) is 3.17. The molecule has 0 aromatic heterocycles. The fourth-order valence-corrected chi connectivity index (χ4v) is 2.69. The molecule has 0 aliphatic carbocycles. The third kappa shape index (κ3) is 5.29. The molecule has 0 aromatic carbocycles. The van der Waals surface area contributed by atoms with Gasteiger partial charge in [0.15, 0.2) is 12.2 Å². The molecular weight excluding hydrogens is 342 g/mol. The van der Waals surface area contributed by atoms with Crippen molar-refractivity contribution in [3.05, 3.63) is 10.4 Å². The number of carbonyl (C=O) groups excluding carboxylic acids is 3. The number of azide groups is 1. The molecule has 5 atom stereocenters. The van der Waals surface area contributed by atoms with Crippen molar-refractivity contribution in [1.29, 1.82) is 0 Å². The van der Waals surface area contributed by atoms with Gasteiger partial charge in [-0.15, -0.1) is 12.6 Å². The van der Waals surface area contributed by atoms with E-state index >= 15 is 0 Å². The maximum Gasteiger partial charge on any atom is 0.303 e. The molecule has 1 saturated heterocycles. The van der Waals surface area contributed by atoms with Crippen LogP contribution < -0.4 is 0 Å². The summed E-state index contributed by atoms with van der Waals surface area (Å²) in [6.07, 6.45) is -3.25. The first kappa shape index (κ1) is 20.1. The van der Waals surface area contributed by atoms with Gasteiger partial charge in [0.2, 0.25) is 0 Å². The van der Waals surface area contributed by atoms with Crippen LogP contribution in [0, 0.1) is 0 Å². The van der Waals surface area contributed by atoms with Gasteiger partial charge in [-0.2, -0.15) is 0 Å². The zero-order valence-electron chi connectivity index (χ0n) is 13.7. The molecule has 1 aliphatic heterocycles. The zero-order valence-corrected chi connectivity index (χ0v) is 14.6. The SMILES string of the molecule is CC(=O)OC[C@H]1O[C@@](C)(S)[C@H](N=[N+]=[N-])[C@@H](OC(C)=O)[C@@H]1OC(C)=O. The van der Waals surface area contributed by atoms with E-state index in [1.165, 1.54) is 13.8 Å². The van der Waals surface area contributed by atoms with E-state index in [-0.39, 0.29) is 6.61 Å². The van der Waals surface area contributed by atoms with Gasteiger partial charge in [0.25, 0.3) is 0 Å². The van der Waals surface area contributed by atoms with E-state index in [9.17, 15) is 14.4 Å². The molecule has 0 aromatic rings. The molecule has 10 nitrogen and oxygen atoms in total. The van der Waals surface area contributed by atoms with Gasteiger partial charge >= 0.3 is 17.9 Å². The van der Waals surface area contributed by atoms with Gasteiger partial charge in [0.1, 0.15) is 23.7 Å². The highest BCUT2D eigenvalue weighted by Crippen LogP contribution is 2.38. The van der Waals surface area contributed by atoms with Gasteiger partial charge < -0.3 is 18.9 Å². The number of esters is 3. The maximum absolute atomic E-state index is 11.4. The van der Waals surface area contributed by atoms with Crippen LogP contribution in [-0.2, 0) is 33.3 Å². The average Bonchev–Trinajstić information content (AvgIpc) is 2.43. The molecule has 1 fully saturated rings. The molecule has 1 aliphatic rings. The van der Waals surface area contributed by atoms with Gasteiger partial charge in [0.05, 0.1) is 0 Å². The highest BCUT2D eigenvalue weighted by atomic mass is 32.1. The highest BCUT2D eigenvalue weighted by molar-refractivity contribution is 7.81. The lowest BCUT2D eigenvalue weighted by Gasteiger charge is -2.47. The first-order chi connectivity index (χ1) is 11.1. The molecule has 0 N–H and O–H groups in total. The first-order valence-corrected chi connectivity index (χ1v) is 7.45. The van der Waals surface area contributed by atoms with Crippen LogP contribution in [0.3, 0.4) is 0 Å². The lowest BCUT2D eigenvalue weighted by molar-refractivity contribution is -0.224. The van der Waals surface area contributed by atoms with Gasteiger partial charge in [-0.3, -0.25) is 14.4 Å². The Morgan fingerprint density at radius 1 is 1.17 bits per heavy atom. The summed E-state index contributed by atoms with van der Waals surface area (Å²) < 4.78 is 20.9. The predicted molar refractivity (Wildman–Crippen MR) is 82.9 cm³/mol. The van der Waals surface area contributed by atoms with E-state index < -0.39 is 47.2 Å². The van der Waals surface area contributed by atoms with E-state index in [0.717, 1.165) is 13.8 Å². The largest absolute Gasteiger partial charge is 0.463 e. The summed E-state index contributed by atoms with van der Waals surface area (Å²) >= 11 is 4.30. The van der Waals surface area contributed by atoms with E-state index in [2.05, 4.69) is 22.7 Å². The van der Waals surface area contributed by atoms with Crippen molar-refractivity contribution in [2.45, 2.75) is 57.0 Å². The van der Waals surface area contributed by atoms with Crippen molar-refractivity contribution >= 4 is 30.5 Å². The van der Waals surface area contributed by atoms with Crippen LogP contribution in [0.5, 0.6) is 0 Å². The quantitative estimate of drug-likeness (QED) is 0.193. The monoisotopic (exact) mass is 361 g/mol. The van der Waals surface area contributed by atoms with Crippen LogP contribution in [0.1, 0.15) is 27.7 Å². The fraction of sp³-hybridized carbons (Fsp3) is 0.769. The average molecular weight is 361 g/mol. The minimum Gasteiger partial charge on any atom is -0.463 e. The van der Waals surface area contributed by atoms with Crippen LogP contribution in [0.25, 0.3) is 10.4 Å². The maximum atomic E-state index is 11.4. The molecule has 0 saturated carbocycles. The number of thiol groups is 1. The molecule has 134 valence electrons. The minimum atomic E-state index is -1.35. The topological polar surface area (TPSA) is 137 Å². The predicted octanol–water partition coefficient (Wildman–Crippen LogP) is 1.14. The molecule has 1 heterocycles. The van der Waals surface area contributed by atoms with Crippen LogP contribution in [0.15, 0.2) is 5.11 Å². The molecule has 0 spiro atoms. The Bertz CT molecular complexity index is 562. The van der Waals surface area contributed by atoms with E-state index in [4.69, 9.17) is 24.5 Å². The molecule has 1 rings (SSSR count). The van der Waals surface area contributed by atoms with E-state index in [1.807, 2.05) is 0 Å². The molecule has 0 radical (unpaired) electrons. The standard InChI is InChI=1S/C13H19N3O7S/c1-6(17)20-5-9-10(21-7(2)18)11(22-8(3)19)12(15-16-14)13(4,24)23-9/h9-12,24H,5H2,1-4H3/t9-,10-,11+,12-,13+/m1/s1. The summed E-state index contributed by atoms with van der Waals surface area (Å²) in [5, 5.41) is 3.56.